The maximum Gasteiger partial charge on any atom is 0.303 e. The SMILES string of the molecule is CCCCCCNC(=O)[C@H](CCC(=O)O)NC(=O)Cc1ccc(Cl)cc1Cl. The lowest BCUT2D eigenvalue weighted by atomic mass is 10.1. The van der Waals surface area contributed by atoms with Crippen LogP contribution in [0.3, 0.4) is 0 Å². The number of rotatable bonds is 12. The van der Waals surface area contributed by atoms with E-state index in [0.29, 0.717) is 22.2 Å². The maximum atomic E-state index is 12.3. The number of carbonyl (C=O) groups excluding carboxylic acids is 2. The van der Waals surface area contributed by atoms with Gasteiger partial charge in [-0.05, 0) is 30.5 Å². The zero-order valence-corrected chi connectivity index (χ0v) is 16.9. The first-order chi connectivity index (χ1) is 12.8. The van der Waals surface area contributed by atoms with Crippen molar-refractivity contribution in [2.75, 3.05) is 6.54 Å². The van der Waals surface area contributed by atoms with E-state index in [0.717, 1.165) is 25.7 Å². The molecule has 2 amide bonds. The molecule has 0 aromatic heterocycles. The number of aliphatic carboxylic acids is 1. The van der Waals surface area contributed by atoms with Crippen LogP contribution >= 0.6 is 23.2 Å². The van der Waals surface area contributed by atoms with Gasteiger partial charge < -0.3 is 15.7 Å². The highest BCUT2D eigenvalue weighted by atomic mass is 35.5. The molecule has 1 aromatic carbocycles. The Labute approximate surface area is 169 Å². The Morgan fingerprint density at radius 3 is 2.52 bits per heavy atom. The van der Waals surface area contributed by atoms with Crippen molar-refractivity contribution in [3.05, 3.63) is 33.8 Å². The van der Waals surface area contributed by atoms with Gasteiger partial charge in [0, 0.05) is 23.0 Å². The number of benzene rings is 1. The molecule has 1 atom stereocenters. The molecule has 8 heteroatoms. The summed E-state index contributed by atoms with van der Waals surface area (Å²) in [6.07, 6.45) is 3.84. The second kappa shape index (κ2) is 12.6. The molecule has 0 aliphatic rings. The fourth-order valence-electron chi connectivity index (χ4n) is 2.51. The maximum absolute atomic E-state index is 12.3. The lowest BCUT2D eigenvalue weighted by Crippen LogP contribution is -2.47. The summed E-state index contributed by atoms with van der Waals surface area (Å²) in [5, 5.41) is 15.1. The van der Waals surface area contributed by atoms with Crippen LogP contribution in [0, 0.1) is 0 Å². The second-order valence-electron chi connectivity index (χ2n) is 6.32. The van der Waals surface area contributed by atoms with E-state index in [2.05, 4.69) is 17.6 Å². The van der Waals surface area contributed by atoms with Crippen LogP contribution < -0.4 is 10.6 Å². The first-order valence-electron chi connectivity index (χ1n) is 9.06. The third kappa shape index (κ3) is 9.63. The van der Waals surface area contributed by atoms with Gasteiger partial charge in [-0.1, -0.05) is 55.5 Å². The third-order valence-electron chi connectivity index (χ3n) is 3.99. The van der Waals surface area contributed by atoms with Gasteiger partial charge in [0.15, 0.2) is 0 Å². The molecule has 0 heterocycles. The van der Waals surface area contributed by atoms with Crippen LogP contribution in [-0.2, 0) is 20.8 Å². The minimum atomic E-state index is -1.02. The molecule has 0 aliphatic carbocycles. The monoisotopic (exact) mass is 416 g/mol. The van der Waals surface area contributed by atoms with Gasteiger partial charge in [-0.15, -0.1) is 0 Å². The number of unbranched alkanes of at least 4 members (excludes halogenated alkanes) is 3. The molecule has 0 radical (unpaired) electrons. The molecular weight excluding hydrogens is 391 g/mol. The van der Waals surface area contributed by atoms with Crippen molar-refractivity contribution in [2.24, 2.45) is 0 Å². The molecule has 0 spiro atoms. The van der Waals surface area contributed by atoms with Gasteiger partial charge in [0.25, 0.3) is 0 Å². The molecule has 0 bridgehead atoms. The fourth-order valence-corrected chi connectivity index (χ4v) is 2.98. The molecule has 0 aliphatic heterocycles. The van der Waals surface area contributed by atoms with Crippen LogP contribution in [0.1, 0.15) is 51.0 Å². The summed E-state index contributed by atoms with van der Waals surface area (Å²) < 4.78 is 0. The first-order valence-corrected chi connectivity index (χ1v) is 9.81. The molecule has 0 unspecified atom stereocenters. The standard InChI is InChI=1S/C19H26Cl2N2O4/c1-2-3-4-5-10-22-19(27)16(8-9-18(25)26)23-17(24)11-13-6-7-14(20)12-15(13)21/h6-7,12,16H,2-5,8-11H2,1H3,(H,22,27)(H,23,24)(H,25,26)/t16-/m0/s1. The number of hydrogen-bond donors (Lipinski definition) is 3. The fraction of sp³-hybridized carbons (Fsp3) is 0.526. The minimum Gasteiger partial charge on any atom is -0.481 e. The lowest BCUT2D eigenvalue weighted by Gasteiger charge is -2.18. The Bertz CT molecular complexity index is 653. The second-order valence-corrected chi connectivity index (χ2v) is 7.16. The molecule has 6 nitrogen and oxygen atoms in total. The zero-order chi connectivity index (χ0) is 20.2. The summed E-state index contributed by atoms with van der Waals surface area (Å²) in [5.74, 6) is -1.80. The first kappa shape index (κ1) is 23.2. The van der Waals surface area contributed by atoms with Crippen molar-refractivity contribution in [1.29, 1.82) is 0 Å². The summed E-state index contributed by atoms with van der Waals surface area (Å²) in [6.45, 7) is 2.60. The van der Waals surface area contributed by atoms with Gasteiger partial charge in [0.1, 0.15) is 6.04 Å². The van der Waals surface area contributed by atoms with E-state index in [1.165, 1.54) is 6.07 Å². The van der Waals surface area contributed by atoms with Crippen molar-refractivity contribution in [1.82, 2.24) is 10.6 Å². The third-order valence-corrected chi connectivity index (χ3v) is 4.58. The molecule has 0 saturated heterocycles. The minimum absolute atomic E-state index is 0.0240. The smallest absolute Gasteiger partial charge is 0.303 e. The molecule has 0 fully saturated rings. The molecule has 1 aromatic rings. The van der Waals surface area contributed by atoms with Gasteiger partial charge >= 0.3 is 5.97 Å². The van der Waals surface area contributed by atoms with Gasteiger partial charge in [0.2, 0.25) is 11.8 Å². The summed E-state index contributed by atoms with van der Waals surface area (Å²) in [7, 11) is 0. The van der Waals surface area contributed by atoms with E-state index in [1.54, 1.807) is 12.1 Å². The van der Waals surface area contributed by atoms with Crippen LogP contribution in [0.4, 0.5) is 0 Å². The lowest BCUT2D eigenvalue weighted by molar-refractivity contribution is -0.138. The van der Waals surface area contributed by atoms with Crippen molar-refractivity contribution < 1.29 is 19.5 Å². The van der Waals surface area contributed by atoms with E-state index in [-0.39, 0.29) is 25.2 Å². The number of halogens is 2. The highest BCUT2D eigenvalue weighted by Crippen LogP contribution is 2.21. The number of carboxylic acid groups (broad SMARTS) is 1. The van der Waals surface area contributed by atoms with Crippen LogP contribution in [0.5, 0.6) is 0 Å². The number of amides is 2. The predicted octanol–water partition coefficient (Wildman–Crippen LogP) is 3.58. The highest BCUT2D eigenvalue weighted by molar-refractivity contribution is 6.35. The summed E-state index contributed by atoms with van der Waals surface area (Å²) >= 11 is 11.9. The number of hydrogen-bond acceptors (Lipinski definition) is 3. The summed E-state index contributed by atoms with van der Waals surface area (Å²) in [5.41, 5.74) is 0.579. The molecule has 3 N–H and O–H groups in total. The topological polar surface area (TPSA) is 95.5 Å². The van der Waals surface area contributed by atoms with E-state index in [1.807, 2.05) is 0 Å². The largest absolute Gasteiger partial charge is 0.481 e. The number of nitrogens with one attached hydrogen (secondary N) is 2. The molecule has 150 valence electrons. The van der Waals surface area contributed by atoms with E-state index >= 15 is 0 Å². The Hall–Kier alpha value is -1.79. The molecular formula is C19H26Cl2N2O4. The Balaban J connectivity index is 2.62. The van der Waals surface area contributed by atoms with Gasteiger partial charge in [-0.25, -0.2) is 0 Å². The Morgan fingerprint density at radius 2 is 1.89 bits per heavy atom. The van der Waals surface area contributed by atoms with Gasteiger partial charge in [0.05, 0.1) is 6.42 Å². The quantitative estimate of drug-likeness (QED) is 0.453. The summed E-state index contributed by atoms with van der Waals surface area (Å²) in [6, 6.07) is 3.91. The number of carboxylic acids is 1. The van der Waals surface area contributed by atoms with Crippen LogP contribution in [0.25, 0.3) is 0 Å². The van der Waals surface area contributed by atoms with E-state index < -0.39 is 17.9 Å². The average Bonchev–Trinajstić information content (AvgIpc) is 2.60. The van der Waals surface area contributed by atoms with Crippen molar-refractivity contribution in [2.45, 2.75) is 57.9 Å². The normalized spacial score (nSPS) is 11.7. The van der Waals surface area contributed by atoms with E-state index in [4.69, 9.17) is 28.3 Å². The summed E-state index contributed by atoms with van der Waals surface area (Å²) in [4.78, 5) is 35.5. The highest BCUT2D eigenvalue weighted by Gasteiger charge is 2.22. The number of carbonyl (C=O) groups is 3. The Morgan fingerprint density at radius 1 is 1.15 bits per heavy atom. The van der Waals surface area contributed by atoms with E-state index in [9.17, 15) is 14.4 Å². The van der Waals surface area contributed by atoms with Crippen molar-refractivity contribution >= 4 is 41.0 Å². The zero-order valence-electron chi connectivity index (χ0n) is 15.4. The van der Waals surface area contributed by atoms with Gasteiger partial charge in [-0.3, -0.25) is 14.4 Å². The van der Waals surface area contributed by atoms with Crippen molar-refractivity contribution in [3.63, 3.8) is 0 Å². The molecule has 27 heavy (non-hydrogen) atoms. The molecule has 1 rings (SSSR count). The molecule has 0 saturated carbocycles. The Kier molecular flexibility index (Phi) is 10.8. The van der Waals surface area contributed by atoms with Gasteiger partial charge in [-0.2, -0.15) is 0 Å². The van der Waals surface area contributed by atoms with Crippen LogP contribution in [0.15, 0.2) is 18.2 Å². The van der Waals surface area contributed by atoms with Crippen molar-refractivity contribution in [3.8, 4) is 0 Å². The average molecular weight is 417 g/mol. The van der Waals surface area contributed by atoms with Crippen LogP contribution in [-0.4, -0.2) is 35.5 Å². The van der Waals surface area contributed by atoms with Crippen LogP contribution in [0.2, 0.25) is 10.0 Å². The predicted molar refractivity (Wildman–Crippen MR) is 106 cm³/mol.